The van der Waals surface area contributed by atoms with Crippen LogP contribution >= 0.6 is 12.4 Å². The van der Waals surface area contributed by atoms with Crippen LogP contribution in [0.25, 0.3) is 0 Å². The van der Waals surface area contributed by atoms with E-state index in [1.165, 1.54) is 4.90 Å². The molecule has 0 bridgehead atoms. The summed E-state index contributed by atoms with van der Waals surface area (Å²) in [6, 6.07) is 8.21. The summed E-state index contributed by atoms with van der Waals surface area (Å²) in [5.41, 5.74) is 6.58. The zero-order chi connectivity index (χ0) is 18.6. The summed E-state index contributed by atoms with van der Waals surface area (Å²) >= 11 is 0. The molecule has 1 aromatic carbocycles. The molecule has 1 heterocycles. The molecule has 144 valence electrons. The highest BCUT2D eigenvalue weighted by molar-refractivity contribution is 6.01. The average Bonchev–Trinajstić information content (AvgIpc) is 3.00. The number of hydrogen-bond acceptors (Lipinski definition) is 4. The number of likely N-dealkylation sites (N-methyl/N-ethyl adjacent to an activating group) is 1. The Hall–Kier alpha value is -2.12. The van der Waals surface area contributed by atoms with E-state index in [2.05, 4.69) is 5.32 Å². The van der Waals surface area contributed by atoms with Crippen molar-refractivity contribution in [2.45, 2.75) is 32.4 Å². The Balaban J connectivity index is 0.00000338. The molecule has 7 nitrogen and oxygen atoms in total. The monoisotopic (exact) mass is 382 g/mol. The average molecular weight is 383 g/mol. The van der Waals surface area contributed by atoms with Gasteiger partial charge >= 0.3 is 0 Å². The summed E-state index contributed by atoms with van der Waals surface area (Å²) in [6.07, 6.45) is 0.565. The van der Waals surface area contributed by atoms with Gasteiger partial charge in [0.05, 0.1) is 12.6 Å². The van der Waals surface area contributed by atoms with Gasteiger partial charge in [0, 0.05) is 19.3 Å². The molecule has 3 amide bonds. The fourth-order valence-electron chi connectivity index (χ4n) is 2.77. The van der Waals surface area contributed by atoms with Crippen molar-refractivity contribution in [3.63, 3.8) is 0 Å². The molecule has 0 aromatic heterocycles. The SMILES string of the molecule is CC(C)[C@H](N)C(=O)NCC(=O)N(C)C1CCN(c2ccccc2)C1=O.Cl. The lowest BCUT2D eigenvalue weighted by atomic mass is 10.1. The number of carbonyl (C=O) groups excluding carboxylic acids is 3. The Kier molecular flexibility index (Phi) is 8.05. The summed E-state index contributed by atoms with van der Waals surface area (Å²) in [4.78, 5) is 39.9. The number of anilines is 1. The minimum absolute atomic E-state index is 0. The molecular formula is C18H27ClN4O3. The molecule has 1 aromatic rings. The fraction of sp³-hybridized carbons (Fsp3) is 0.500. The standard InChI is InChI=1S/C18H26N4O3.ClH/c1-12(2)16(19)17(24)20-11-15(23)21(3)14-9-10-22(18(14)25)13-7-5-4-6-8-13;/h4-8,12,14,16H,9-11,19H2,1-3H3,(H,20,24);1H/t14?,16-;/m0./s1. The van der Waals surface area contributed by atoms with Gasteiger partial charge in [-0.2, -0.15) is 0 Å². The van der Waals surface area contributed by atoms with Crippen LogP contribution in [0.4, 0.5) is 5.69 Å². The minimum Gasteiger partial charge on any atom is -0.346 e. The van der Waals surface area contributed by atoms with E-state index in [1.54, 1.807) is 11.9 Å². The van der Waals surface area contributed by atoms with Crippen molar-refractivity contribution in [1.29, 1.82) is 0 Å². The Morgan fingerprint density at radius 1 is 1.31 bits per heavy atom. The quantitative estimate of drug-likeness (QED) is 0.759. The van der Waals surface area contributed by atoms with Gasteiger partial charge in [-0.25, -0.2) is 0 Å². The van der Waals surface area contributed by atoms with Crippen LogP contribution < -0.4 is 16.0 Å². The largest absolute Gasteiger partial charge is 0.346 e. The van der Waals surface area contributed by atoms with Crippen LogP contribution in [0.3, 0.4) is 0 Å². The van der Waals surface area contributed by atoms with Gasteiger partial charge in [-0.15, -0.1) is 12.4 Å². The molecule has 2 atom stereocenters. The number of carbonyl (C=O) groups is 3. The first-order valence-electron chi connectivity index (χ1n) is 8.48. The number of nitrogens with one attached hydrogen (secondary N) is 1. The molecule has 3 N–H and O–H groups in total. The van der Waals surface area contributed by atoms with E-state index in [0.717, 1.165) is 5.69 Å². The molecule has 1 fully saturated rings. The van der Waals surface area contributed by atoms with Crippen LogP contribution in [0, 0.1) is 5.92 Å². The van der Waals surface area contributed by atoms with Crippen molar-refractivity contribution < 1.29 is 14.4 Å². The number of halogens is 1. The van der Waals surface area contributed by atoms with Crippen molar-refractivity contribution in [3.8, 4) is 0 Å². The number of amides is 3. The molecule has 26 heavy (non-hydrogen) atoms. The molecule has 1 aliphatic rings. The minimum atomic E-state index is -0.653. The normalized spacial score (nSPS) is 17.7. The third-order valence-corrected chi connectivity index (χ3v) is 4.54. The molecule has 8 heteroatoms. The van der Waals surface area contributed by atoms with Crippen molar-refractivity contribution in [2.75, 3.05) is 25.0 Å². The van der Waals surface area contributed by atoms with Crippen LogP contribution in [0.2, 0.25) is 0 Å². The molecule has 0 radical (unpaired) electrons. The second-order valence-electron chi connectivity index (χ2n) is 6.62. The maximum Gasteiger partial charge on any atom is 0.249 e. The molecule has 0 aliphatic carbocycles. The third-order valence-electron chi connectivity index (χ3n) is 4.54. The van der Waals surface area contributed by atoms with Crippen molar-refractivity contribution in [2.24, 2.45) is 11.7 Å². The van der Waals surface area contributed by atoms with E-state index in [9.17, 15) is 14.4 Å². The van der Waals surface area contributed by atoms with Gasteiger partial charge in [0.1, 0.15) is 6.04 Å². The van der Waals surface area contributed by atoms with Gasteiger partial charge in [0.15, 0.2) is 0 Å². The summed E-state index contributed by atoms with van der Waals surface area (Å²) in [7, 11) is 1.59. The Labute approximate surface area is 160 Å². The summed E-state index contributed by atoms with van der Waals surface area (Å²) < 4.78 is 0. The fourth-order valence-corrected chi connectivity index (χ4v) is 2.77. The number of benzene rings is 1. The highest BCUT2D eigenvalue weighted by atomic mass is 35.5. The maximum atomic E-state index is 12.6. The van der Waals surface area contributed by atoms with Crippen molar-refractivity contribution in [1.82, 2.24) is 10.2 Å². The lowest BCUT2D eigenvalue weighted by Crippen LogP contribution is -2.50. The van der Waals surface area contributed by atoms with Crippen LogP contribution in [-0.4, -0.2) is 54.8 Å². The number of hydrogen-bond donors (Lipinski definition) is 2. The van der Waals surface area contributed by atoms with Gasteiger partial charge < -0.3 is 20.9 Å². The van der Waals surface area contributed by atoms with E-state index >= 15 is 0 Å². The van der Waals surface area contributed by atoms with E-state index in [4.69, 9.17) is 5.73 Å². The Morgan fingerprint density at radius 2 is 1.92 bits per heavy atom. The second-order valence-corrected chi connectivity index (χ2v) is 6.62. The van der Waals surface area contributed by atoms with Crippen LogP contribution in [0.5, 0.6) is 0 Å². The number of nitrogens with two attached hydrogens (primary N) is 1. The van der Waals surface area contributed by atoms with Crippen molar-refractivity contribution in [3.05, 3.63) is 30.3 Å². The first-order chi connectivity index (χ1) is 11.8. The second kappa shape index (κ2) is 9.54. The Morgan fingerprint density at radius 3 is 2.50 bits per heavy atom. The molecule has 0 spiro atoms. The molecule has 1 aliphatic heterocycles. The molecule has 0 saturated carbocycles. The predicted octanol–water partition coefficient (Wildman–Crippen LogP) is 0.772. The zero-order valence-corrected chi connectivity index (χ0v) is 16.2. The maximum absolute atomic E-state index is 12.6. The van der Waals surface area contributed by atoms with E-state index < -0.39 is 12.1 Å². The van der Waals surface area contributed by atoms with Crippen LogP contribution in [0.1, 0.15) is 20.3 Å². The van der Waals surface area contributed by atoms with Crippen LogP contribution in [-0.2, 0) is 14.4 Å². The predicted molar refractivity (Wildman–Crippen MR) is 103 cm³/mol. The first kappa shape index (κ1) is 21.9. The van der Waals surface area contributed by atoms with E-state index in [0.29, 0.717) is 13.0 Å². The zero-order valence-electron chi connectivity index (χ0n) is 15.3. The lowest BCUT2D eigenvalue weighted by molar-refractivity contribution is -0.137. The van der Waals surface area contributed by atoms with Gasteiger partial charge in [-0.1, -0.05) is 32.0 Å². The van der Waals surface area contributed by atoms with Crippen molar-refractivity contribution >= 4 is 35.8 Å². The summed E-state index contributed by atoms with van der Waals surface area (Å²) in [6.45, 7) is 4.09. The molecule has 1 unspecified atom stereocenters. The highest BCUT2D eigenvalue weighted by Gasteiger charge is 2.37. The number of para-hydroxylation sites is 1. The van der Waals surface area contributed by atoms with Gasteiger partial charge in [0.25, 0.3) is 0 Å². The number of rotatable bonds is 6. The lowest BCUT2D eigenvalue weighted by Gasteiger charge is -2.24. The topological polar surface area (TPSA) is 95.7 Å². The van der Waals surface area contributed by atoms with E-state index in [-0.39, 0.29) is 42.6 Å². The van der Waals surface area contributed by atoms with Crippen LogP contribution in [0.15, 0.2) is 30.3 Å². The molecule has 1 saturated heterocycles. The smallest absolute Gasteiger partial charge is 0.249 e. The van der Waals surface area contributed by atoms with Gasteiger partial charge in [0.2, 0.25) is 17.7 Å². The number of nitrogens with zero attached hydrogens (tertiary/aromatic N) is 2. The molecular weight excluding hydrogens is 356 g/mol. The highest BCUT2D eigenvalue weighted by Crippen LogP contribution is 2.23. The molecule has 2 rings (SSSR count). The van der Waals surface area contributed by atoms with E-state index in [1.807, 2.05) is 44.2 Å². The Bertz CT molecular complexity index is 639. The third kappa shape index (κ3) is 4.95. The van der Waals surface area contributed by atoms with Gasteiger partial charge in [-0.3, -0.25) is 14.4 Å². The van der Waals surface area contributed by atoms with Gasteiger partial charge in [-0.05, 0) is 24.5 Å². The summed E-state index contributed by atoms with van der Waals surface area (Å²) in [5, 5.41) is 2.55. The summed E-state index contributed by atoms with van der Waals surface area (Å²) in [5.74, 6) is -0.783. The first-order valence-corrected chi connectivity index (χ1v) is 8.48.